The number of aromatic nitrogens is 2. The van der Waals surface area contributed by atoms with E-state index in [1.807, 2.05) is 24.3 Å². The molecule has 1 aromatic carbocycles. The first-order valence-corrected chi connectivity index (χ1v) is 5.95. The molecule has 0 aliphatic rings. The molecule has 0 aliphatic carbocycles. The van der Waals surface area contributed by atoms with Crippen LogP contribution in [0.1, 0.15) is 5.56 Å². The van der Waals surface area contributed by atoms with Gasteiger partial charge in [0.05, 0.1) is 6.21 Å². The van der Waals surface area contributed by atoms with Crippen molar-refractivity contribution in [2.75, 3.05) is 5.43 Å². The van der Waals surface area contributed by atoms with Crippen LogP contribution in [0, 0.1) is 0 Å². The van der Waals surface area contributed by atoms with Gasteiger partial charge in [0, 0.05) is 4.47 Å². The summed E-state index contributed by atoms with van der Waals surface area (Å²) in [5.74, 6) is 0.544. The molecule has 0 atom stereocenters. The maximum Gasteiger partial charge on any atom is 0.168 e. The van der Waals surface area contributed by atoms with Crippen molar-refractivity contribution in [1.82, 2.24) is 10.2 Å². The molecule has 0 saturated heterocycles. The Morgan fingerprint density at radius 3 is 2.53 bits per heavy atom. The van der Waals surface area contributed by atoms with E-state index in [0.717, 1.165) is 10.0 Å². The molecule has 0 radical (unpaired) electrons. The minimum atomic E-state index is 0.354. The number of hydrogen-bond donors (Lipinski definition) is 1. The molecule has 1 heterocycles. The highest BCUT2D eigenvalue weighted by atomic mass is 79.9. The van der Waals surface area contributed by atoms with Gasteiger partial charge in [-0.05, 0) is 29.8 Å². The van der Waals surface area contributed by atoms with Crippen LogP contribution in [-0.4, -0.2) is 16.4 Å². The number of benzene rings is 1. The molecule has 0 bridgehead atoms. The van der Waals surface area contributed by atoms with Crippen LogP contribution in [0.3, 0.4) is 0 Å². The van der Waals surface area contributed by atoms with Gasteiger partial charge in [0.1, 0.15) is 0 Å². The van der Waals surface area contributed by atoms with Crippen molar-refractivity contribution in [1.29, 1.82) is 0 Å². The fraction of sp³-hybridized carbons (Fsp3) is 0. The first kappa shape index (κ1) is 12.0. The van der Waals surface area contributed by atoms with Crippen molar-refractivity contribution in [2.45, 2.75) is 0 Å². The summed E-state index contributed by atoms with van der Waals surface area (Å²) in [4.78, 5) is 0. The SMILES string of the molecule is Clc1ccc(N/N=C\c2ccc(Br)cc2)nn1. The number of hydrogen-bond acceptors (Lipinski definition) is 4. The summed E-state index contributed by atoms with van der Waals surface area (Å²) >= 11 is 8.98. The van der Waals surface area contributed by atoms with E-state index in [4.69, 9.17) is 11.6 Å². The van der Waals surface area contributed by atoms with E-state index in [-0.39, 0.29) is 0 Å². The first-order chi connectivity index (χ1) is 8.24. The Labute approximate surface area is 112 Å². The van der Waals surface area contributed by atoms with Crippen LogP contribution in [0.4, 0.5) is 5.82 Å². The molecule has 0 fully saturated rings. The van der Waals surface area contributed by atoms with E-state index in [1.54, 1.807) is 18.3 Å². The van der Waals surface area contributed by atoms with Crippen molar-refractivity contribution >= 4 is 39.6 Å². The molecule has 0 amide bonds. The summed E-state index contributed by atoms with van der Waals surface area (Å²) in [6.07, 6.45) is 1.70. The minimum Gasteiger partial charge on any atom is -0.260 e. The van der Waals surface area contributed by atoms with Crippen LogP contribution in [0.5, 0.6) is 0 Å². The first-order valence-electron chi connectivity index (χ1n) is 4.78. The molecule has 2 aromatic rings. The Bertz CT molecular complexity index is 510. The highest BCUT2D eigenvalue weighted by Crippen LogP contribution is 2.09. The third kappa shape index (κ3) is 3.80. The highest BCUT2D eigenvalue weighted by molar-refractivity contribution is 9.10. The number of hydrazone groups is 1. The van der Waals surface area contributed by atoms with Crippen molar-refractivity contribution < 1.29 is 0 Å². The molecular formula is C11H8BrClN4. The highest BCUT2D eigenvalue weighted by Gasteiger charge is 1.92. The Kier molecular flexibility index (Phi) is 4.06. The molecule has 1 N–H and O–H groups in total. The molecule has 17 heavy (non-hydrogen) atoms. The maximum atomic E-state index is 5.61. The van der Waals surface area contributed by atoms with Crippen molar-refractivity contribution in [3.63, 3.8) is 0 Å². The molecule has 6 heteroatoms. The fourth-order valence-corrected chi connectivity index (χ4v) is 1.46. The standard InChI is InChI=1S/C11H8BrClN4/c12-9-3-1-8(2-4-9)7-14-16-11-6-5-10(13)15-17-11/h1-7H,(H,16,17)/b14-7-. The molecule has 0 aliphatic heterocycles. The zero-order valence-corrected chi connectivity index (χ0v) is 11.0. The zero-order chi connectivity index (χ0) is 12.1. The van der Waals surface area contributed by atoms with E-state index in [0.29, 0.717) is 11.0 Å². The van der Waals surface area contributed by atoms with Crippen LogP contribution in [0.2, 0.25) is 5.15 Å². The molecule has 0 unspecified atom stereocenters. The third-order valence-electron chi connectivity index (χ3n) is 1.89. The lowest BCUT2D eigenvalue weighted by Gasteiger charge is -1.97. The summed E-state index contributed by atoms with van der Waals surface area (Å²) in [7, 11) is 0. The number of halogens is 2. The van der Waals surface area contributed by atoms with Gasteiger partial charge in [-0.15, -0.1) is 10.2 Å². The second kappa shape index (κ2) is 5.75. The third-order valence-corrected chi connectivity index (χ3v) is 2.62. The van der Waals surface area contributed by atoms with E-state index in [9.17, 15) is 0 Å². The van der Waals surface area contributed by atoms with Gasteiger partial charge < -0.3 is 0 Å². The lowest BCUT2D eigenvalue weighted by atomic mass is 10.2. The molecule has 2 rings (SSSR count). The predicted molar refractivity (Wildman–Crippen MR) is 72.4 cm³/mol. The Balaban J connectivity index is 1.97. The minimum absolute atomic E-state index is 0.354. The van der Waals surface area contributed by atoms with Gasteiger partial charge >= 0.3 is 0 Å². The normalized spacial score (nSPS) is 10.7. The molecule has 86 valence electrons. The summed E-state index contributed by atoms with van der Waals surface area (Å²) in [6, 6.07) is 11.1. The molecule has 1 aromatic heterocycles. The summed E-state index contributed by atoms with van der Waals surface area (Å²) in [5.41, 5.74) is 3.75. The molecule has 4 nitrogen and oxygen atoms in total. The van der Waals surface area contributed by atoms with Gasteiger partial charge in [0.25, 0.3) is 0 Å². The Hall–Kier alpha value is -1.46. The van der Waals surface area contributed by atoms with Gasteiger partial charge in [0.15, 0.2) is 11.0 Å². The van der Waals surface area contributed by atoms with Crippen molar-refractivity contribution in [2.24, 2.45) is 5.10 Å². The number of nitrogens with zero attached hydrogens (tertiary/aromatic N) is 3. The van der Waals surface area contributed by atoms with E-state index in [1.165, 1.54) is 0 Å². The molecular weight excluding hydrogens is 304 g/mol. The van der Waals surface area contributed by atoms with E-state index in [2.05, 4.69) is 36.7 Å². The maximum absolute atomic E-state index is 5.61. The Morgan fingerprint density at radius 1 is 1.12 bits per heavy atom. The molecule has 0 spiro atoms. The van der Waals surface area contributed by atoms with Gasteiger partial charge in [0.2, 0.25) is 0 Å². The number of rotatable bonds is 3. The fourth-order valence-electron chi connectivity index (χ4n) is 1.10. The molecule has 0 saturated carbocycles. The van der Waals surface area contributed by atoms with Crippen LogP contribution in [-0.2, 0) is 0 Å². The monoisotopic (exact) mass is 310 g/mol. The predicted octanol–water partition coefficient (Wildman–Crippen LogP) is 3.34. The second-order valence-electron chi connectivity index (χ2n) is 3.16. The smallest absolute Gasteiger partial charge is 0.168 e. The Morgan fingerprint density at radius 2 is 1.88 bits per heavy atom. The zero-order valence-electron chi connectivity index (χ0n) is 8.64. The summed E-state index contributed by atoms with van der Waals surface area (Å²) in [6.45, 7) is 0. The van der Waals surface area contributed by atoms with Gasteiger partial charge in [-0.2, -0.15) is 5.10 Å². The topological polar surface area (TPSA) is 50.2 Å². The average molecular weight is 312 g/mol. The average Bonchev–Trinajstić information content (AvgIpc) is 2.34. The van der Waals surface area contributed by atoms with Crippen LogP contribution in [0.25, 0.3) is 0 Å². The van der Waals surface area contributed by atoms with Crippen molar-refractivity contribution in [3.05, 3.63) is 51.6 Å². The van der Waals surface area contributed by atoms with E-state index >= 15 is 0 Å². The van der Waals surface area contributed by atoms with E-state index < -0.39 is 0 Å². The van der Waals surface area contributed by atoms with Crippen LogP contribution in [0.15, 0.2) is 46.0 Å². The number of anilines is 1. The lowest BCUT2D eigenvalue weighted by Crippen LogP contribution is -1.94. The summed E-state index contributed by atoms with van der Waals surface area (Å²) in [5, 5.41) is 11.9. The van der Waals surface area contributed by atoms with Crippen LogP contribution >= 0.6 is 27.5 Å². The quantitative estimate of drug-likeness (QED) is 0.698. The largest absolute Gasteiger partial charge is 0.260 e. The van der Waals surface area contributed by atoms with Crippen LogP contribution < -0.4 is 5.43 Å². The summed E-state index contributed by atoms with van der Waals surface area (Å²) < 4.78 is 1.03. The van der Waals surface area contributed by atoms with Gasteiger partial charge in [-0.3, -0.25) is 5.43 Å². The second-order valence-corrected chi connectivity index (χ2v) is 4.47. The van der Waals surface area contributed by atoms with Gasteiger partial charge in [-0.25, -0.2) is 0 Å². The number of nitrogens with one attached hydrogen (secondary N) is 1. The van der Waals surface area contributed by atoms with Crippen molar-refractivity contribution in [3.8, 4) is 0 Å². The lowest BCUT2D eigenvalue weighted by molar-refractivity contribution is 1.02. The van der Waals surface area contributed by atoms with Gasteiger partial charge in [-0.1, -0.05) is 39.7 Å².